The first kappa shape index (κ1) is 16.3. The summed E-state index contributed by atoms with van der Waals surface area (Å²) in [5.41, 5.74) is 3.20. The molecule has 0 saturated heterocycles. The number of benzene rings is 1. The summed E-state index contributed by atoms with van der Waals surface area (Å²) >= 11 is 0. The normalized spacial score (nSPS) is 11.0. The third-order valence-corrected chi connectivity index (χ3v) is 4.03. The number of H-pyrrole nitrogens is 1. The summed E-state index contributed by atoms with van der Waals surface area (Å²) in [5, 5.41) is 4.09. The van der Waals surface area contributed by atoms with Crippen LogP contribution < -0.4 is 5.32 Å². The number of amides is 1. The molecular formula is C18H22N4O2. The van der Waals surface area contributed by atoms with Gasteiger partial charge >= 0.3 is 0 Å². The molecule has 0 aliphatic carbocycles. The monoisotopic (exact) mass is 326 g/mol. The first-order chi connectivity index (χ1) is 11.8. The molecule has 0 aliphatic heterocycles. The zero-order valence-corrected chi connectivity index (χ0v) is 13.8. The van der Waals surface area contributed by atoms with E-state index in [0.717, 1.165) is 35.1 Å². The molecule has 0 fully saturated rings. The number of ether oxygens (including phenoxy) is 1. The standard InChI is InChI=1S/C18H22N4O2/c1-24-9-8-22-12-14(16-4-2-3-5-17(16)22)10-18(23)20-7-6-15-11-19-13-21-15/h2-5,11-13H,6-10H2,1H3,(H,19,21)(H,20,23). The van der Waals surface area contributed by atoms with Crippen LogP contribution in [0.25, 0.3) is 10.9 Å². The number of para-hydroxylation sites is 1. The van der Waals surface area contributed by atoms with Crippen molar-refractivity contribution in [1.29, 1.82) is 0 Å². The second-order valence-electron chi connectivity index (χ2n) is 5.71. The molecule has 24 heavy (non-hydrogen) atoms. The zero-order chi connectivity index (χ0) is 16.8. The Balaban J connectivity index is 1.64. The number of rotatable bonds is 8. The number of methoxy groups -OCH3 is 1. The van der Waals surface area contributed by atoms with E-state index in [4.69, 9.17) is 4.74 Å². The van der Waals surface area contributed by atoms with Crippen molar-refractivity contribution in [2.75, 3.05) is 20.3 Å². The third-order valence-electron chi connectivity index (χ3n) is 4.03. The number of nitrogens with zero attached hydrogens (tertiary/aromatic N) is 2. The molecule has 126 valence electrons. The number of hydrogen-bond acceptors (Lipinski definition) is 3. The number of aromatic amines is 1. The van der Waals surface area contributed by atoms with E-state index in [9.17, 15) is 4.79 Å². The second-order valence-corrected chi connectivity index (χ2v) is 5.71. The molecule has 1 aromatic carbocycles. The molecule has 0 unspecified atom stereocenters. The smallest absolute Gasteiger partial charge is 0.224 e. The van der Waals surface area contributed by atoms with Gasteiger partial charge in [0, 0.05) is 55.6 Å². The summed E-state index contributed by atoms with van der Waals surface area (Å²) in [6.45, 7) is 2.02. The van der Waals surface area contributed by atoms with E-state index < -0.39 is 0 Å². The molecule has 3 aromatic rings. The van der Waals surface area contributed by atoms with Gasteiger partial charge in [-0.15, -0.1) is 0 Å². The topological polar surface area (TPSA) is 71.9 Å². The van der Waals surface area contributed by atoms with Crippen LogP contribution >= 0.6 is 0 Å². The van der Waals surface area contributed by atoms with Gasteiger partial charge in [-0.3, -0.25) is 4.79 Å². The minimum atomic E-state index is 0.0316. The average molecular weight is 326 g/mol. The van der Waals surface area contributed by atoms with Gasteiger partial charge in [0.15, 0.2) is 0 Å². The van der Waals surface area contributed by atoms with Gasteiger partial charge in [-0.25, -0.2) is 4.98 Å². The molecule has 6 nitrogen and oxygen atoms in total. The average Bonchev–Trinajstić information content (AvgIpc) is 3.22. The lowest BCUT2D eigenvalue weighted by Crippen LogP contribution is -2.27. The lowest BCUT2D eigenvalue weighted by atomic mass is 10.1. The van der Waals surface area contributed by atoms with Crippen molar-refractivity contribution < 1.29 is 9.53 Å². The van der Waals surface area contributed by atoms with Gasteiger partial charge in [0.05, 0.1) is 19.4 Å². The molecule has 0 saturated carbocycles. The lowest BCUT2D eigenvalue weighted by Gasteiger charge is -2.04. The maximum Gasteiger partial charge on any atom is 0.224 e. The summed E-state index contributed by atoms with van der Waals surface area (Å²) < 4.78 is 7.31. The zero-order valence-electron chi connectivity index (χ0n) is 13.8. The van der Waals surface area contributed by atoms with Gasteiger partial charge in [-0.05, 0) is 11.6 Å². The predicted octanol–water partition coefficient (Wildman–Crippen LogP) is 1.91. The maximum absolute atomic E-state index is 12.2. The molecule has 2 aromatic heterocycles. The minimum Gasteiger partial charge on any atom is -0.383 e. The highest BCUT2D eigenvalue weighted by Crippen LogP contribution is 2.21. The van der Waals surface area contributed by atoms with Gasteiger partial charge in [0.25, 0.3) is 0 Å². The third kappa shape index (κ3) is 3.83. The first-order valence-corrected chi connectivity index (χ1v) is 8.07. The lowest BCUT2D eigenvalue weighted by molar-refractivity contribution is -0.120. The fourth-order valence-electron chi connectivity index (χ4n) is 2.83. The number of aromatic nitrogens is 3. The summed E-state index contributed by atoms with van der Waals surface area (Å²) in [4.78, 5) is 19.2. The summed E-state index contributed by atoms with van der Waals surface area (Å²) in [7, 11) is 1.69. The van der Waals surface area contributed by atoms with Crippen LogP contribution in [0.5, 0.6) is 0 Å². The molecular weight excluding hydrogens is 304 g/mol. The Morgan fingerprint density at radius 1 is 1.38 bits per heavy atom. The predicted molar refractivity (Wildman–Crippen MR) is 92.8 cm³/mol. The quantitative estimate of drug-likeness (QED) is 0.664. The van der Waals surface area contributed by atoms with Crippen LogP contribution in [0.1, 0.15) is 11.3 Å². The van der Waals surface area contributed by atoms with E-state index in [-0.39, 0.29) is 5.91 Å². The number of nitrogens with one attached hydrogen (secondary N) is 2. The Kier molecular flexibility index (Phi) is 5.28. The Morgan fingerprint density at radius 2 is 2.25 bits per heavy atom. The van der Waals surface area contributed by atoms with Gasteiger partial charge in [-0.1, -0.05) is 18.2 Å². The highest BCUT2D eigenvalue weighted by Gasteiger charge is 2.11. The first-order valence-electron chi connectivity index (χ1n) is 8.07. The maximum atomic E-state index is 12.2. The van der Waals surface area contributed by atoms with Crippen LogP contribution in [0, 0.1) is 0 Å². The van der Waals surface area contributed by atoms with E-state index in [1.807, 2.05) is 12.1 Å². The SMILES string of the molecule is COCCn1cc(CC(=O)NCCc2cnc[nH]2)c2ccccc21. The van der Waals surface area contributed by atoms with E-state index >= 15 is 0 Å². The largest absolute Gasteiger partial charge is 0.383 e. The van der Waals surface area contributed by atoms with Crippen LogP contribution in [0.3, 0.4) is 0 Å². The molecule has 0 aliphatic rings. The molecule has 6 heteroatoms. The molecule has 0 bridgehead atoms. The molecule has 2 N–H and O–H groups in total. The number of carbonyl (C=O) groups excluding carboxylic acids is 1. The highest BCUT2D eigenvalue weighted by atomic mass is 16.5. The molecule has 1 amide bonds. The van der Waals surface area contributed by atoms with Crippen molar-refractivity contribution in [1.82, 2.24) is 19.9 Å². The molecule has 3 rings (SSSR count). The molecule has 0 atom stereocenters. The van der Waals surface area contributed by atoms with Crippen LogP contribution in [-0.2, 0) is 28.9 Å². The van der Waals surface area contributed by atoms with E-state index in [2.05, 4.69) is 38.2 Å². The van der Waals surface area contributed by atoms with Crippen molar-refractivity contribution in [2.24, 2.45) is 0 Å². The Labute approximate surface area is 140 Å². The minimum absolute atomic E-state index is 0.0316. The Morgan fingerprint density at radius 3 is 3.04 bits per heavy atom. The van der Waals surface area contributed by atoms with Crippen molar-refractivity contribution in [3.05, 3.63) is 54.2 Å². The van der Waals surface area contributed by atoms with Gasteiger partial charge in [-0.2, -0.15) is 0 Å². The molecule has 0 spiro atoms. The number of fused-ring (bicyclic) bond motifs is 1. The van der Waals surface area contributed by atoms with Crippen LogP contribution in [0.4, 0.5) is 0 Å². The molecule has 2 heterocycles. The van der Waals surface area contributed by atoms with Crippen molar-refractivity contribution in [3.8, 4) is 0 Å². The fourth-order valence-corrected chi connectivity index (χ4v) is 2.83. The van der Waals surface area contributed by atoms with E-state index in [1.54, 1.807) is 19.6 Å². The van der Waals surface area contributed by atoms with Crippen molar-refractivity contribution in [2.45, 2.75) is 19.4 Å². The van der Waals surface area contributed by atoms with Crippen LogP contribution in [0.15, 0.2) is 43.0 Å². The number of imidazole rings is 1. The Bertz CT molecular complexity index is 793. The number of carbonyl (C=O) groups is 1. The fraction of sp³-hybridized carbons (Fsp3) is 0.333. The van der Waals surface area contributed by atoms with Crippen molar-refractivity contribution >= 4 is 16.8 Å². The van der Waals surface area contributed by atoms with Crippen LogP contribution in [0.2, 0.25) is 0 Å². The van der Waals surface area contributed by atoms with E-state index in [0.29, 0.717) is 19.6 Å². The van der Waals surface area contributed by atoms with Crippen molar-refractivity contribution in [3.63, 3.8) is 0 Å². The summed E-state index contributed by atoms with van der Waals surface area (Å²) in [6, 6.07) is 8.15. The van der Waals surface area contributed by atoms with Gasteiger partial charge < -0.3 is 19.6 Å². The summed E-state index contributed by atoms with van der Waals surface area (Å²) in [5.74, 6) is 0.0316. The second kappa shape index (κ2) is 7.79. The molecule has 0 radical (unpaired) electrons. The van der Waals surface area contributed by atoms with Gasteiger partial charge in [0.2, 0.25) is 5.91 Å². The Hall–Kier alpha value is -2.60. The van der Waals surface area contributed by atoms with Crippen LogP contribution in [-0.4, -0.2) is 40.7 Å². The number of hydrogen-bond donors (Lipinski definition) is 2. The van der Waals surface area contributed by atoms with Gasteiger partial charge in [0.1, 0.15) is 0 Å². The summed E-state index contributed by atoms with van der Waals surface area (Å²) in [6.07, 6.45) is 6.60. The highest BCUT2D eigenvalue weighted by molar-refractivity contribution is 5.89. The van der Waals surface area contributed by atoms with E-state index in [1.165, 1.54) is 0 Å².